The molecule has 1 aliphatic rings. The lowest BCUT2D eigenvalue weighted by Gasteiger charge is -2.20. The van der Waals surface area contributed by atoms with Crippen LogP contribution in [-0.4, -0.2) is 25.0 Å². The molecule has 1 N–H and O–H groups in total. The number of rotatable bonds is 3. The molecule has 0 saturated carbocycles. The molecule has 4 heteroatoms. The molecule has 0 aromatic rings. The molecule has 2 atom stereocenters. The SMILES string of the molecule is CCOC(=O)C(C)C1N=CC=CN1. The van der Waals surface area contributed by atoms with Crippen LogP contribution in [0.15, 0.2) is 17.3 Å². The highest BCUT2D eigenvalue weighted by Gasteiger charge is 2.23. The van der Waals surface area contributed by atoms with E-state index in [1.54, 1.807) is 32.3 Å². The maximum Gasteiger partial charge on any atom is 0.312 e. The Morgan fingerprint density at radius 3 is 3.08 bits per heavy atom. The van der Waals surface area contributed by atoms with E-state index in [2.05, 4.69) is 10.3 Å². The number of nitrogens with zero attached hydrogens (tertiary/aromatic N) is 1. The molecule has 1 rings (SSSR count). The molecule has 0 amide bonds. The number of aliphatic imine (C=N–C) groups is 1. The van der Waals surface area contributed by atoms with Crippen LogP contribution in [-0.2, 0) is 9.53 Å². The van der Waals surface area contributed by atoms with Crippen LogP contribution < -0.4 is 5.32 Å². The van der Waals surface area contributed by atoms with Gasteiger partial charge in [0.25, 0.3) is 0 Å². The molecule has 2 unspecified atom stereocenters. The van der Waals surface area contributed by atoms with Crippen molar-refractivity contribution in [2.24, 2.45) is 10.9 Å². The van der Waals surface area contributed by atoms with Crippen LogP contribution in [0.3, 0.4) is 0 Å². The number of carbonyl (C=O) groups excluding carboxylic acids is 1. The summed E-state index contributed by atoms with van der Waals surface area (Å²) in [6.45, 7) is 4.00. The van der Waals surface area contributed by atoms with Gasteiger partial charge in [0.05, 0.1) is 12.5 Å². The Bertz CT molecular complexity index is 236. The van der Waals surface area contributed by atoms with Crippen LogP contribution in [0.5, 0.6) is 0 Å². The van der Waals surface area contributed by atoms with E-state index in [-0.39, 0.29) is 18.1 Å². The second-order valence-corrected chi connectivity index (χ2v) is 2.81. The average Bonchev–Trinajstić information content (AvgIpc) is 2.18. The first-order chi connectivity index (χ1) is 6.25. The first kappa shape index (κ1) is 9.77. The Kier molecular flexibility index (Phi) is 3.49. The van der Waals surface area contributed by atoms with Gasteiger partial charge in [0.1, 0.15) is 6.17 Å². The second kappa shape index (κ2) is 4.64. The number of hydrogen-bond donors (Lipinski definition) is 1. The summed E-state index contributed by atoms with van der Waals surface area (Å²) < 4.78 is 4.88. The highest BCUT2D eigenvalue weighted by atomic mass is 16.5. The first-order valence-corrected chi connectivity index (χ1v) is 4.36. The summed E-state index contributed by atoms with van der Waals surface area (Å²) in [5.74, 6) is -0.464. The quantitative estimate of drug-likeness (QED) is 0.654. The molecule has 0 radical (unpaired) electrons. The van der Waals surface area contributed by atoms with E-state index in [9.17, 15) is 4.79 Å². The maximum atomic E-state index is 11.3. The maximum absolute atomic E-state index is 11.3. The molecule has 1 aliphatic heterocycles. The standard InChI is InChI=1S/C9H14N2O2/c1-3-13-9(12)7(2)8-10-5-4-6-11-8/h4-8,10H,3H2,1-2H3. The molecular formula is C9H14N2O2. The van der Waals surface area contributed by atoms with Crippen LogP contribution in [0.2, 0.25) is 0 Å². The summed E-state index contributed by atoms with van der Waals surface area (Å²) in [6.07, 6.45) is 5.04. The lowest BCUT2D eigenvalue weighted by atomic mass is 10.1. The van der Waals surface area contributed by atoms with Crippen molar-refractivity contribution in [3.8, 4) is 0 Å². The summed E-state index contributed by atoms with van der Waals surface area (Å²) in [5, 5.41) is 2.98. The van der Waals surface area contributed by atoms with E-state index in [0.717, 1.165) is 0 Å². The molecular weight excluding hydrogens is 168 g/mol. The number of esters is 1. The molecule has 0 aromatic carbocycles. The number of carbonyl (C=O) groups is 1. The molecule has 4 nitrogen and oxygen atoms in total. The summed E-state index contributed by atoms with van der Waals surface area (Å²) in [5.41, 5.74) is 0. The van der Waals surface area contributed by atoms with Crippen molar-refractivity contribution in [1.29, 1.82) is 0 Å². The molecule has 0 bridgehead atoms. The Morgan fingerprint density at radius 2 is 2.54 bits per heavy atom. The molecule has 0 fully saturated rings. The van der Waals surface area contributed by atoms with Gasteiger partial charge in [0.15, 0.2) is 0 Å². The zero-order chi connectivity index (χ0) is 9.68. The third-order valence-corrected chi connectivity index (χ3v) is 1.83. The van der Waals surface area contributed by atoms with Gasteiger partial charge in [0.2, 0.25) is 0 Å². The monoisotopic (exact) mass is 182 g/mol. The average molecular weight is 182 g/mol. The van der Waals surface area contributed by atoms with Crippen molar-refractivity contribution in [1.82, 2.24) is 5.32 Å². The van der Waals surface area contributed by atoms with Crippen LogP contribution in [0.4, 0.5) is 0 Å². The van der Waals surface area contributed by atoms with Crippen molar-refractivity contribution in [3.63, 3.8) is 0 Å². The molecule has 1 heterocycles. The van der Waals surface area contributed by atoms with Gasteiger partial charge in [0, 0.05) is 6.21 Å². The Balaban J connectivity index is 2.47. The summed E-state index contributed by atoms with van der Waals surface area (Å²) in [7, 11) is 0. The van der Waals surface area contributed by atoms with Gasteiger partial charge in [-0.25, -0.2) is 0 Å². The van der Waals surface area contributed by atoms with Gasteiger partial charge in [-0.2, -0.15) is 0 Å². The third-order valence-electron chi connectivity index (χ3n) is 1.83. The number of nitrogens with one attached hydrogen (secondary N) is 1. The van der Waals surface area contributed by atoms with Gasteiger partial charge in [-0.3, -0.25) is 9.79 Å². The van der Waals surface area contributed by atoms with Crippen LogP contribution in [0.25, 0.3) is 0 Å². The zero-order valence-corrected chi connectivity index (χ0v) is 7.86. The first-order valence-electron chi connectivity index (χ1n) is 4.36. The predicted octanol–water partition coefficient (Wildman–Crippen LogP) is 0.699. The number of hydrogen-bond acceptors (Lipinski definition) is 4. The van der Waals surface area contributed by atoms with Crippen LogP contribution in [0.1, 0.15) is 13.8 Å². The fourth-order valence-electron chi connectivity index (χ4n) is 1.06. The van der Waals surface area contributed by atoms with Crippen molar-refractivity contribution >= 4 is 12.2 Å². The lowest BCUT2D eigenvalue weighted by Crippen LogP contribution is -2.36. The highest BCUT2D eigenvalue weighted by molar-refractivity contribution is 5.75. The number of allylic oxidation sites excluding steroid dienone is 1. The van der Waals surface area contributed by atoms with Gasteiger partial charge in [-0.15, -0.1) is 0 Å². The highest BCUT2D eigenvalue weighted by Crippen LogP contribution is 2.08. The van der Waals surface area contributed by atoms with Gasteiger partial charge < -0.3 is 10.1 Å². The fourth-order valence-corrected chi connectivity index (χ4v) is 1.06. The van der Waals surface area contributed by atoms with Crippen molar-refractivity contribution in [3.05, 3.63) is 12.3 Å². The molecule has 72 valence electrons. The predicted molar refractivity (Wildman–Crippen MR) is 50.4 cm³/mol. The van der Waals surface area contributed by atoms with Crippen molar-refractivity contribution < 1.29 is 9.53 Å². The zero-order valence-electron chi connectivity index (χ0n) is 7.86. The van der Waals surface area contributed by atoms with E-state index < -0.39 is 0 Å². The molecule has 0 aliphatic carbocycles. The van der Waals surface area contributed by atoms with Crippen molar-refractivity contribution in [2.45, 2.75) is 20.0 Å². The summed E-state index contributed by atoms with van der Waals surface area (Å²) >= 11 is 0. The van der Waals surface area contributed by atoms with Crippen molar-refractivity contribution in [2.75, 3.05) is 6.61 Å². The summed E-state index contributed by atoms with van der Waals surface area (Å²) in [6, 6.07) is 0. The minimum atomic E-state index is -0.249. The number of ether oxygens (including phenoxy) is 1. The lowest BCUT2D eigenvalue weighted by molar-refractivity contribution is -0.148. The minimum absolute atomic E-state index is 0.191. The van der Waals surface area contributed by atoms with Crippen LogP contribution in [0, 0.1) is 5.92 Å². The fraction of sp³-hybridized carbons (Fsp3) is 0.556. The van der Waals surface area contributed by atoms with Gasteiger partial charge in [-0.05, 0) is 26.1 Å². The molecule has 0 aromatic heterocycles. The summed E-state index contributed by atoms with van der Waals surface area (Å²) in [4.78, 5) is 15.4. The van der Waals surface area contributed by atoms with E-state index >= 15 is 0 Å². The van der Waals surface area contributed by atoms with Gasteiger partial charge in [-0.1, -0.05) is 0 Å². The van der Waals surface area contributed by atoms with E-state index in [4.69, 9.17) is 4.74 Å². The topological polar surface area (TPSA) is 50.7 Å². The molecule has 0 saturated heterocycles. The smallest absolute Gasteiger partial charge is 0.312 e. The van der Waals surface area contributed by atoms with E-state index in [1.165, 1.54) is 0 Å². The second-order valence-electron chi connectivity index (χ2n) is 2.81. The Hall–Kier alpha value is -1.32. The van der Waals surface area contributed by atoms with E-state index in [0.29, 0.717) is 6.61 Å². The molecule has 13 heavy (non-hydrogen) atoms. The molecule has 0 spiro atoms. The normalized spacial score (nSPS) is 22.2. The van der Waals surface area contributed by atoms with Gasteiger partial charge >= 0.3 is 5.97 Å². The third kappa shape index (κ3) is 2.57. The minimum Gasteiger partial charge on any atom is -0.466 e. The largest absolute Gasteiger partial charge is 0.466 e. The van der Waals surface area contributed by atoms with Crippen LogP contribution >= 0.6 is 0 Å². The Morgan fingerprint density at radius 1 is 1.77 bits per heavy atom. The Labute approximate surface area is 77.7 Å². The van der Waals surface area contributed by atoms with E-state index in [1.807, 2.05) is 0 Å².